The lowest BCUT2D eigenvalue weighted by Gasteiger charge is -2.05. The van der Waals surface area contributed by atoms with E-state index >= 15 is 0 Å². The highest BCUT2D eigenvalue weighted by molar-refractivity contribution is 6.31. The van der Waals surface area contributed by atoms with Gasteiger partial charge in [-0.05, 0) is 42.3 Å². The molecule has 3 aromatic rings. The smallest absolute Gasteiger partial charge is 0.0491 e. The maximum atomic E-state index is 6.04. The number of nitrogens with zero attached hydrogens (tertiary/aromatic N) is 2. The summed E-state index contributed by atoms with van der Waals surface area (Å²) in [5.74, 6) is 0. The number of aryl methyl sites for hydroxylation is 1. The lowest BCUT2D eigenvalue weighted by atomic mass is 10.2. The van der Waals surface area contributed by atoms with Crippen LogP contribution >= 0.6 is 11.6 Å². The largest absolute Gasteiger partial charge is 0.343 e. The zero-order chi connectivity index (χ0) is 12.5. The van der Waals surface area contributed by atoms with Gasteiger partial charge in [0.25, 0.3) is 0 Å². The molecule has 0 amide bonds. The van der Waals surface area contributed by atoms with Gasteiger partial charge in [-0.2, -0.15) is 0 Å². The van der Waals surface area contributed by atoms with E-state index in [1.165, 1.54) is 22.0 Å². The molecule has 0 aliphatic carbocycles. The lowest BCUT2D eigenvalue weighted by Crippen LogP contribution is -1.97. The van der Waals surface area contributed by atoms with E-state index in [-0.39, 0.29) is 0 Å². The quantitative estimate of drug-likeness (QED) is 0.676. The number of fused-ring (bicyclic) bond motifs is 1. The summed E-state index contributed by atoms with van der Waals surface area (Å²) < 4.78 is 2.23. The van der Waals surface area contributed by atoms with E-state index < -0.39 is 0 Å². The van der Waals surface area contributed by atoms with Crippen LogP contribution in [-0.2, 0) is 6.54 Å². The highest BCUT2D eigenvalue weighted by Crippen LogP contribution is 2.25. The third-order valence-corrected chi connectivity index (χ3v) is 3.35. The Balaban J connectivity index is 2.08. The van der Waals surface area contributed by atoms with Gasteiger partial charge in [-0.3, -0.25) is 4.98 Å². The summed E-state index contributed by atoms with van der Waals surface area (Å²) in [4.78, 5) is 4.15. The van der Waals surface area contributed by atoms with Crippen LogP contribution in [0.15, 0.2) is 48.9 Å². The first-order valence-corrected chi connectivity index (χ1v) is 6.26. The minimum atomic E-state index is 0.782. The van der Waals surface area contributed by atoms with Crippen molar-refractivity contribution in [2.45, 2.75) is 13.5 Å². The fourth-order valence-corrected chi connectivity index (χ4v) is 2.44. The molecule has 3 heteroatoms. The highest BCUT2D eigenvalue weighted by Gasteiger charge is 2.06. The van der Waals surface area contributed by atoms with Gasteiger partial charge in [0.05, 0.1) is 0 Å². The van der Waals surface area contributed by atoms with Crippen molar-refractivity contribution in [2.24, 2.45) is 0 Å². The lowest BCUT2D eigenvalue weighted by molar-refractivity contribution is 0.829. The molecule has 0 bridgehead atoms. The summed E-state index contributed by atoms with van der Waals surface area (Å²) in [6, 6.07) is 10.1. The van der Waals surface area contributed by atoms with Crippen molar-refractivity contribution in [1.29, 1.82) is 0 Å². The molecule has 3 rings (SSSR count). The Bertz CT molecular complexity index is 686. The van der Waals surface area contributed by atoms with Crippen LogP contribution in [-0.4, -0.2) is 9.55 Å². The highest BCUT2D eigenvalue weighted by atomic mass is 35.5. The molecule has 90 valence electrons. The maximum Gasteiger partial charge on any atom is 0.0491 e. The van der Waals surface area contributed by atoms with Crippen LogP contribution in [0.4, 0.5) is 0 Å². The average Bonchev–Trinajstić information content (AvgIpc) is 2.67. The molecule has 0 aliphatic rings. The Morgan fingerprint density at radius 3 is 2.94 bits per heavy atom. The molecule has 0 radical (unpaired) electrons. The van der Waals surface area contributed by atoms with Gasteiger partial charge in [0.15, 0.2) is 0 Å². The maximum absolute atomic E-state index is 6.04. The van der Waals surface area contributed by atoms with Crippen LogP contribution in [0.5, 0.6) is 0 Å². The van der Waals surface area contributed by atoms with Gasteiger partial charge in [-0.15, -0.1) is 0 Å². The SMILES string of the molecule is Cc1cn(Cc2cccnc2)c2ccc(Cl)cc12. The van der Waals surface area contributed by atoms with Crippen LogP contribution in [0.3, 0.4) is 0 Å². The number of halogens is 1. The van der Waals surface area contributed by atoms with Gasteiger partial charge < -0.3 is 4.57 Å². The summed E-state index contributed by atoms with van der Waals surface area (Å²) in [7, 11) is 0. The van der Waals surface area contributed by atoms with Gasteiger partial charge >= 0.3 is 0 Å². The van der Waals surface area contributed by atoms with Crippen molar-refractivity contribution < 1.29 is 0 Å². The van der Waals surface area contributed by atoms with E-state index in [4.69, 9.17) is 11.6 Å². The van der Waals surface area contributed by atoms with Gasteiger partial charge in [0.2, 0.25) is 0 Å². The summed E-state index contributed by atoms with van der Waals surface area (Å²) in [5.41, 5.74) is 3.65. The zero-order valence-corrected chi connectivity index (χ0v) is 10.9. The Morgan fingerprint density at radius 1 is 1.28 bits per heavy atom. The third-order valence-electron chi connectivity index (χ3n) is 3.12. The van der Waals surface area contributed by atoms with E-state index in [2.05, 4.69) is 34.8 Å². The molecule has 2 aromatic heterocycles. The fourth-order valence-electron chi connectivity index (χ4n) is 2.27. The van der Waals surface area contributed by atoms with Gasteiger partial charge in [0.1, 0.15) is 0 Å². The minimum absolute atomic E-state index is 0.782. The predicted octanol–water partition coefficient (Wildman–Crippen LogP) is 4.05. The van der Waals surface area contributed by atoms with Crippen LogP contribution in [0.2, 0.25) is 5.02 Å². The molecule has 0 aliphatic heterocycles. The monoisotopic (exact) mass is 256 g/mol. The second-order valence-corrected chi connectivity index (χ2v) is 4.90. The van der Waals surface area contributed by atoms with Crippen LogP contribution in [0, 0.1) is 6.92 Å². The Labute approximate surface area is 111 Å². The Kier molecular flexibility index (Phi) is 2.80. The molecule has 0 spiro atoms. The van der Waals surface area contributed by atoms with Crippen molar-refractivity contribution >= 4 is 22.5 Å². The first-order chi connectivity index (χ1) is 8.74. The first-order valence-electron chi connectivity index (χ1n) is 5.88. The van der Waals surface area contributed by atoms with E-state index in [1.807, 2.05) is 24.4 Å². The van der Waals surface area contributed by atoms with E-state index in [0.29, 0.717) is 0 Å². The summed E-state index contributed by atoms with van der Waals surface area (Å²) >= 11 is 6.04. The summed E-state index contributed by atoms with van der Waals surface area (Å²) in [6.07, 6.45) is 5.85. The first kappa shape index (κ1) is 11.3. The molecule has 2 heterocycles. The number of aromatic nitrogens is 2. The van der Waals surface area contributed by atoms with Crippen molar-refractivity contribution in [3.63, 3.8) is 0 Å². The standard InChI is InChI=1S/C15H13ClN2/c1-11-9-18(10-12-3-2-6-17-8-12)15-5-4-13(16)7-14(11)15/h2-9H,10H2,1H3. The molecule has 18 heavy (non-hydrogen) atoms. The molecule has 0 fully saturated rings. The van der Waals surface area contributed by atoms with Crippen molar-refractivity contribution in [3.8, 4) is 0 Å². The average molecular weight is 257 g/mol. The molecule has 0 saturated carbocycles. The Hall–Kier alpha value is -1.80. The van der Waals surface area contributed by atoms with Gasteiger partial charge in [-0.1, -0.05) is 17.7 Å². The van der Waals surface area contributed by atoms with Crippen molar-refractivity contribution in [1.82, 2.24) is 9.55 Å². The zero-order valence-electron chi connectivity index (χ0n) is 10.1. The van der Waals surface area contributed by atoms with Crippen LogP contribution in [0.25, 0.3) is 10.9 Å². The second kappa shape index (κ2) is 4.46. The Morgan fingerprint density at radius 2 is 2.17 bits per heavy atom. The third kappa shape index (κ3) is 2.00. The van der Waals surface area contributed by atoms with E-state index in [1.54, 1.807) is 6.20 Å². The molecule has 0 N–H and O–H groups in total. The fraction of sp³-hybridized carbons (Fsp3) is 0.133. The van der Waals surface area contributed by atoms with Gasteiger partial charge in [0, 0.05) is 41.1 Å². The summed E-state index contributed by atoms with van der Waals surface area (Å²) in [6.45, 7) is 2.94. The number of rotatable bonds is 2. The number of hydrogen-bond acceptors (Lipinski definition) is 1. The molecular weight excluding hydrogens is 244 g/mol. The molecule has 0 unspecified atom stereocenters. The molecule has 2 nitrogen and oxygen atoms in total. The second-order valence-electron chi connectivity index (χ2n) is 4.46. The van der Waals surface area contributed by atoms with E-state index in [0.717, 1.165) is 11.6 Å². The molecule has 0 atom stereocenters. The predicted molar refractivity (Wildman–Crippen MR) is 75.0 cm³/mol. The van der Waals surface area contributed by atoms with Crippen LogP contribution in [0.1, 0.15) is 11.1 Å². The van der Waals surface area contributed by atoms with E-state index in [9.17, 15) is 0 Å². The number of hydrogen-bond donors (Lipinski definition) is 0. The van der Waals surface area contributed by atoms with Gasteiger partial charge in [-0.25, -0.2) is 0 Å². The normalized spacial score (nSPS) is 11.0. The molecule has 1 aromatic carbocycles. The molecule has 0 saturated heterocycles. The van der Waals surface area contributed by atoms with Crippen molar-refractivity contribution in [3.05, 3.63) is 65.1 Å². The number of pyridine rings is 1. The topological polar surface area (TPSA) is 17.8 Å². The van der Waals surface area contributed by atoms with Crippen molar-refractivity contribution in [2.75, 3.05) is 0 Å². The van der Waals surface area contributed by atoms with Crippen LogP contribution < -0.4 is 0 Å². The summed E-state index contributed by atoms with van der Waals surface area (Å²) in [5, 5.41) is 2.00. The molecular formula is C15H13ClN2. The minimum Gasteiger partial charge on any atom is -0.343 e. The number of benzene rings is 1.